The quantitative estimate of drug-likeness (QED) is 0.146. The molecule has 0 fully saturated rings. The molecule has 13 aromatic rings. The SMILES string of the molecule is O=P(c1ccccc1)(c1ccccc1)c1ccc(-c2ccc3c(c2)c2cc(-c4ccc([P+](O)(c5ccccc5)c5ccccc5)cc4)ccc2n3-c2nc3ccccc3c3nc4ccccc4n23)cc1. The highest BCUT2D eigenvalue weighted by Crippen LogP contribution is 2.51. The Morgan fingerprint density at radius 3 is 1.36 bits per heavy atom. The first kappa shape index (κ1) is 41.9. The number of rotatable bonds is 9. The van der Waals surface area contributed by atoms with Gasteiger partial charge in [0.15, 0.2) is 7.14 Å². The van der Waals surface area contributed by atoms with Gasteiger partial charge in [0.1, 0.15) is 21.6 Å². The fourth-order valence-electron chi connectivity index (χ4n) is 10.3. The van der Waals surface area contributed by atoms with E-state index >= 15 is 4.57 Å². The van der Waals surface area contributed by atoms with Gasteiger partial charge in [-0.25, -0.2) is 14.9 Å². The van der Waals surface area contributed by atoms with E-state index in [1.807, 2.05) is 152 Å². The topological polar surface area (TPSA) is 72.4 Å². The standard InChI is InChI=1S/C62H43N4O2P2/c67-69(47-17-5-1-6-18-47,48-19-7-2-8-20-48)51-35-29-43(30-36-51)45-33-39-58-54(41-45)55-42-46(44-31-37-52(38-32-44)70(68,49-21-9-3-10-22-49)50-23-11-4-12-24-50)34-40-59(55)65(58)62-64-56-26-14-13-25-53(56)61-63-57-27-15-16-28-60(57)66(61)62/h1-42,67H/q+1. The van der Waals surface area contributed by atoms with Gasteiger partial charge in [-0.2, -0.15) is 0 Å². The normalized spacial score (nSPS) is 12.1. The molecule has 332 valence electrons. The molecule has 70 heavy (non-hydrogen) atoms. The molecule has 0 amide bonds. The van der Waals surface area contributed by atoms with Gasteiger partial charge in [-0.1, -0.05) is 170 Å². The lowest BCUT2D eigenvalue weighted by molar-refractivity contribution is 0.592. The van der Waals surface area contributed by atoms with E-state index in [4.69, 9.17) is 9.97 Å². The summed E-state index contributed by atoms with van der Waals surface area (Å²) >= 11 is 0. The van der Waals surface area contributed by atoms with Crippen molar-refractivity contribution in [1.29, 1.82) is 0 Å². The predicted octanol–water partition coefficient (Wildman–Crippen LogP) is 12.3. The Bertz CT molecular complexity index is 4060. The van der Waals surface area contributed by atoms with E-state index in [0.717, 1.165) is 109 Å². The number of benzene rings is 10. The molecule has 3 heterocycles. The van der Waals surface area contributed by atoms with Crippen LogP contribution < -0.4 is 31.8 Å². The van der Waals surface area contributed by atoms with Crippen LogP contribution in [0.5, 0.6) is 0 Å². The second kappa shape index (κ2) is 16.8. The van der Waals surface area contributed by atoms with Crippen molar-refractivity contribution in [2.75, 3.05) is 0 Å². The van der Waals surface area contributed by atoms with Crippen LogP contribution >= 0.6 is 14.6 Å². The first-order valence-electron chi connectivity index (χ1n) is 23.4. The summed E-state index contributed by atoms with van der Waals surface area (Å²) in [5.41, 5.74) is 9.75. The van der Waals surface area contributed by atoms with Gasteiger partial charge in [-0.05, 0) is 107 Å². The average Bonchev–Trinajstić information content (AvgIpc) is 4.00. The van der Waals surface area contributed by atoms with Gasteiger partial charge in [-0.3, -0.25) is 8.97 Å². The molecular weight excluding hydrogens is 895 g/mol. The molecule has 13 rings (SSSR count). The van der Waals surface area contributed by atoms with Gasteiger partial charge >= 0.3 is 0 Å². The van der Waals surface area contributed by atoms with Crippen molar-refractivity contribution in [3.8, 4) is 28.2 Å². The predicted molar refractivity (Wildman–Crippen MR) is 294 cm³/mol. The molecule has 0 saturated carbocycles. The summed E-state index contributed by atoms with van der Waals surface area (Å²) in [5, 5.41) is 8.24. The van der Waals surface area contributed by atoms with Crippen molar-refractivity contribution in [3.05, 3.63) is 255 Å². The highest BCUT2D eigenvalue weighted by molar-refractivity contribution is 7.91. The monoisotopic (exact) mass is 937 g/mol. The lowest BCUT2D eigenvalue weighted by atomic mass is 10.0. The molecule has 3 aromatic heterocycles. The van der Waals surface area contributed by atoms with Crippen molar-refractivity contribution in [2.24, 2.45) is 0 Å². The minimum Gasteiger partial charge on any atom is -0.309 e. The molecule has 1 N–H and O–H groups in total. The Morgan fingerprint density at radius 2 is 0.800 bits per heavy atom. The van der Waals surface area contributed by atoms with Crippen LogP contribution in [0, 0.1) is 0 Å². The van der Waals surface area contributed by atoms with E-state index < -0.39 is 14.6 Å². The lowest BCUT2D eigenvalue weighted by Gasteiger charge is -2.20. The Morgan fingerprint density at radius 1 is 0.371 bits per heavy atom. The number of nitrogens with zero attached hydrogens (tertiary/aromatic N) is 4. The van der Waals surface area contributed by atoms with Crippen molar-refractivity contribution >= 4 is 95.8 Å². The summed E-state index contributed by atoms with van der Waals surface area (Å²) in [4.78, 5) is 23.3. The molecule has 0 spiro atoms. The largest absolute Gasteiger partial charge is 0.309 e. The Kier molecular flexibility index (Phi) is 10.0. The minimum absolute atomic E-state index is 0.749. The van der Waals surface area contributed by atoms with Crippen LogP contribution in [-0.2, 0) is 4.57 Å². The van der Waals surface area contributed by atoms with Crippen LogP contribution in [0.25, 0.3) is 77.6 Å². The molecule has 0 bridgehead atoms. The smallest absolute Gasteiger partial charge is 0.238 e. The average molecular weight is 938 g/mol. The minimum atomic E-state index is -3.15. The summed E-state index contributed by atoms with van der Waals surface area (Å²) < 4.78 is 19.8. The van der Waals surface area contributed by atoms with Gasteiger partial charge in [0.25, 0.3) is 0 Å². The molecule has 0 atom stereocenters. The summed E-state index contributed by atoms with van der Waals surface area (Å²) in [7, 11) is -6.05. The fourth-order valence-corrected chi connectivity index (χ4v) is 15.6. The third-order valence-electron chi connectivity index (χ3n) is 13.7. The number of hydrogen-bond donors (Lipinski definition) is 1. The van der Waals surface area contributed by atoms with Crippen molar-refractivity contribution in [3.63, 3.8) is 0 Å². The van der Waals surface area contributed by atoms with E-state index in [1.54, 1.807) is 0 Å². The number of para-hydroxylation sites is 3. The molecule has 0 aliphatic carbocycles. The summed E-state index contributed by atoms with van der Waals surface area (Å²) in [6, 6.07) is 86.2. The first-order chi connectivity index (χ1) is 34.5. The molecule has 8 heteroatoms. The van der Waals surface area contributed by atoms with Gasteiger partial charge in [0, 0.05) is 32.1 Å². The number of fused-ring (bicyclic) bond motifs is 8. The van der Waals surface area contributed by atoms with Crippen LogP contribution in [0.2, 0.25) is 0 Å². The van der Waals surface area contributed by atoms with E-state index in [0.29, 0.717) is 0 Å². The third kappa shape index (κ3) is 6.68. The third-order valence-corrected chi connectivity index (χ3v) is 19.9. The molecule has 0 aliphatic rings. The van der Waals surface area contributed by atoms with Gasteiger partial charge in [0.2, 0.25) is 13.4 Å². The Hall–Kier alpha value is -8.24. The van der Waals surface area contributed by atoms with Gasteiger partial charge in [-0.15, -0.1) is 0 Å². The molecule has 0 unspecified atom stereocenters. The molecule has 10 aromatic carbocycles. The maximum absolute atomic E-state index is 15.3. The van der Waals surface area contributed by atoms with E-state index in [-0.39, 0.29) is 0 Å². The second-order valence-electron chi connectivity index (χ2n) is 17.7. The molecule has 0 saturated heterocycles. The molecular formula is C62H43N4O2P2+. The van der Waals surface area contributed by atoms with Crippen LogP contribution in [0.1, 0.15) is 0 Å². The second-order valence-corrected chi connectivity index (χ2v) is 23.3. The molecule has 0 radical (unpaired) electrons. The van der Waals surface area contributed by atoms with Crippen molar-refractivity contribution < 1.29 is 9.46 Å². The number of imidazole rings is 1. The molecule has 0 aliphatic heterocycles. The van der Waals surface area contributed by atoms with E-state index in [2.05, 4.69) is 112 Å². The summed E-state index contributed by atoms with van der Waals surface area (Å²) in [6.45, 7) is 0. The maximum atomic E-state index is 15.3. The highest BCUT2D eigenvalue weighted by atomic mass is 31.2. The van der Waals surface area contributed by atoms with Crippen LogP contribution in [0.4, 0.5) is 0 Å². The zero-order valence-corrected chi connectivity index (χ0v) is 39.6. The maximum Gasteiger partial charge on any atom is 0.238 e. The summed E-state index contributed by atoms with van der Waals surface area (Å²) in [5.74, 6) is 0.749. The first-order valence-corrected chi connectivity index (χ1v) is 26.8. The zero-order valence-electron chi connectivity index (χ0n) is 37.8. The summed E-state index contributed by atoms with van der Waals surface area (Å²) in [6.07, 6.45) is 0. The van der Waals surface area contributed by atoms with Crippen LogP contribution in [0.15, 0.2) is 255 Å². The number of hydrogen-bond acceptors (Lipinski definition) is 4. The van der Waals surface area contributed by atoms with Crippen LogP contribution in [0.3, 0.4) is 0 Å². The van der Waals surface area contributed by atoms with Crippen molar-refractivity contribution in [2.45, 2.75) is 0 Å². The highest BCUT2D eigenvalue weighted by Gasteiger charge is 2.44. The fraction of sp³-hybridized carbons (Fsp3) is 0. The zero-order chi connectivity index (χ0) is 46.8. The lowest BCUT2D eigenvalue weighted by Crippen LogP contribution is -2.30. The van der Waals surface area contributed by atoms with Gasteiger partial charge in [0.05, 0.1) is 27.6 Å². The van der Waals surface area contributed by atoms with E-state index in [9.17, 15) is 4.89 Å². The molecule has 6 nitrogen and oxygen atoms in total. The van der Waals surface area contributed by atoms with E-state index in [1.165, 1.54) is 0 Å². The van der Waals surface area contributed by atoms with Crippen molar-refractivity contribution in [1.82, 2.24) is 18.9 Å². The van der Waals surface area contributed by atoms with Gasteiger partial charge < -0.3 is 4.57 Å². The number of aromatic nitrogens is 4. The van der Waals surface area contributed by atoms with Crippen LogP contribution in [-0.4, -0.2) is 23.8 Å². The Balaban J connectivity index is 0.994. The Labute approximate surface area is 405 Å².